The van der Waals surface area contributed by atoms with Gasteiger partial charge >= 0.3 is 13.2 Å². The number of aromatic hydroxyl groups is 1. The average Bonchev–Trinajstić information content (AvgIpc) is 2.71. The van der Waals surface area contributed by atoms with E-state index in [1.54, 1.807) is 39.0 Å². The van der Waals surface area contributed by atoms with Crippen molar-refractivity contribution in [2.75, 3.05) is 12.3 Å². The Balaban J connectivity index is 2.28. The van der Waals surface area contributed by atoms with E-state index in [1.807, 2.05) is 27.7 Å². The first kappa shape index (κ1) is 22.1. The van der Waals surface area contributed by atoms with Crippen molar-refractivity contribution >= 4 is 25.0 Å². The van der Waals surface area contributed by atoms with Crippen molar-refractivity contribution in [3.8, 4) is 5.75 Å². The Hall–Kier alpha value is -2.19. The van der Waals surface area contributed by atoms with Gasteiger partial charge in [-0.2, -0.15) is 0 Å². The third-order valence-electron chi connectivity index (χ3n) is 4.80. The molecule has 1 aromatic carbocycles. The molecule has 0 bridgehead atoms. The van der Waals surface area contributed by atoms with Gasteiger partial charge in [-0.1, -0.05) is 6.08 Å². The molecule has 0 spiro atoms. The number of anilines is 1. The number of nitrogens with two attached hydrogens (primary N) is 1. The van der Waals surface area contributed by atoms with Crippen LogP contribution in [-0.4, -0.2) is 41.7 Å². The van der Waals surface area contributed by atoms with Crippen LogP contribution in [0.4, 0.5) is 10.5 Å². The quantitative estimate of drug-likeness (QED) is 0.537. The highest BCUT2D eigenvalue weighted by Gasteiger charge is 2.52. The number of benzene rings is 1. The molecule has 1 aromatic rings. The van der Waals surface area contributed by atoms with E-state index in [4.69, 9.17) is 19.8 Å². The molecule has 154 valence electrons. The number of hydrogen-bond acceptors (Lipinski definition) is 6. The summed E-state index contributed by atoms with van der Waals surface area (Å²) in [6, 6.07) is 4.71. The normalized spacial score (nSPS) is 18.8. The van der Waals surface area contributed by atoms with Gasteiger partial charge in [0.1, 0.15) is 11.4 Å². The molecule has 2 rings (SSSR count). The minimum Gasteiger partial charge on any atom is -0.508 e. The first-order valence-corrected chi connectivity index (χ1v) is 9.32. The first-order chi connectivity index (χ1) is 12.7. The van der Waals surface area contributed by atoms with Gasteiger partial charge in [0.05, 0.1) is 11.2 Å². The maximum atomic E-state index is 12.1. The van der Waals surface area contributed by atoms with Crippen LogP contribution in [0.2, 0.25) is 0 Å². The van der Waals surface area contributed by atoms with Gasteiger partial charge in [-0.15, -0.1) is 0 Å². The number of carbonyl (C=O) groups excluding carboxylic acids is 1. The van der Waals surface area contributed by atoms with Crippen molar-refractivity contribution in [2.24, 2.45) is 0 Å². The molecule has 4 N–H and O–H groups in total. The third kappa shape index (κ3) is 5.42. The van der Waals surface area contributed by atoms with Gasteiger partial charge in [-0.05, 0) is 71.6 Å². The van der Waals surface area contributed by atoms with Crippen LogP contribution >= 0.6 is 0 Å². The van der Waals surface area contributed by atoms with E-state index >= 15 is 0 Å². The van der Waals surface area contributed by atoms with Crippen LogP contribution in [0.3, 0.4) is 0 Å². The Kier molecular flexibility index (Phi) is 6.06. The molecule has 0 atom stereocenters. The molecule has 1 fully saturated rings. The zero-order chi connectivity index (χ0) is 21.3. The largest absolute Gasteiger partial charge is 0.508 e. The topological polar surface area (TPSA) is 103 Å². The molecular formula is C20H31BN2O5. The van der Waals surface area contributed by atoms with E-state index < -0.39 is 30.0 Å². The van der Waals surface area contributed by atoms with Gasteiger partial charge in [0.25, 0.3) is 0 Å². The minimum absolute atomic E-state index is 0.0821. The molecular weight excluding hydrogens is 359 g/mol. The average molecular weight is 390 g/mol. The standard InChI is InChI=1S/C20H31BN2O5/c1-18(2,3)26-17(25)23-12-14(10-13-8-9-15(24)11-16(13)22)21-27-19(4,5)20(6,7)28-21/h8-11,24H,12,22H2,1-7H3,(H,23,25). The van der Waals surface area contributed by atoms with Crippen LogP contribution in [0.1, 0.15) is 54.0 Å². The lowest BCUT2D eigenvalue weighted by atomic mass is 9.77. The number of ether oxygens (including phenoxy) is 1. The van der Waals surface area contributed by atoms with Crippen molar-refractivity contribution in [1.29, 1.82) is 0 Å². The lowest BCUT2D eigenvalue weighted by Gasteiger charge is -2.32. The van der Waals surface area contributed by atoms with Gasteiger partial charge < -0.3 is 30.2 Å². The van der Waals surface area contributed by atoms with Crippen molar-refractivity contribution in [3.05, 3.63) is 29.2 Å². The fraction of sp³-hybridized carbons (Fsp3) is 0.550. The number of nitrogen functional groups attached to an aromatic ring is 1. The fourth-order valence-electron chi connectivity index (χ4n) is 2.58. The summed E-state index contributed by atoms with van der Waals surface area (Å²) in [5.41, 5.74) is 6.15. The summed E-state index contributed by atoms with van der Waals surface area (Å²) in [4.78, 5) is 12.1. The predicted octanol–water partition coefficient (Wildman–Crippen LogP) is 3.51. The highest BCUT2D eigenvalue weighted by Crippen LogP contribution is 2.39. The summed E-state index contributed by atoms with van der Waals surface area (Å²) in [5, 5.41) is 12.3. The molecule has 1 aliphatic rings. The molecule has 1 amide bonds. The van der Waals surface area contributed by atoms with Crippen molar-refractivity contribution in [1.82, 2.24) is 5.32 Å². The van der Waals surface area contributed by atoms with Crippen LogP contribution in [0.25, 0.3) is 6.08 Å². The first-order valence-electron chi connectivity index (χ1n) is 9.32. The van der Waals surface area contributed by atoms with E-state index in [-0.39, 0.29) is 12.3 Å². The van der Waals surface area contributed by atoms with E-state index in [0.29, 0.717) is 16.7 Å². The number of amides is 1. The Morgan fingerprint density at radius 2 is 1.82 bits per heavy atom. The monoisotopic (exact) mass is 390 g/mol. The van der Waals surface area contributed by atoms with Crippen LogP contribution in [0.15, 0.2) is 23.7 Å². The van der Waals surface area contributed by atoms with E-state index in [9.17, 15) is 9.90 Å². The number of phenolic OH excluding ortho intramolecular Hbond substituents is 1. The van der Waals surface area contributed by atoms with Crippen LogP contribution in [0, 0.1) is 0 Å². The highest BCUT2D eigenvalue weighted by atomic mass is 16.7. The van der Waals surface area contributed by atoms with E-state index in [1.165, 1.54) is 6.07 Å². The van der Waals surface area contributed by atoms with Gasteiger partial charge in [0.15, 0.2) is 0 Å². The summed E-state index contributed by atoms with van der Waals surface area (Å²) in [7, 11) is -0.659. The Labute approximate surface area is 167 Å². The highest BCUT2D eigenvalue weighted by molar-refractivity contribution is 6.56. The second-order valence-electron chi connectivity index (χ2n) is 8.98. The van der Waals surface area contributed by atoms with E-state index in [0.717, 1.165) is 0 Å². The molecule has 1 heterocycles. The zero-order valence-corrected chi connectivity index (χ0v) is 17.8. The fourth-order valence-corrected chi connectivity index (χ4v) is 2.58. The molecule has 0 aliphatic carbocycles. The number of alkyl carbamates (subject to hydrolysis) is 1. The predicted molar refractivity (Wildman–Crippen MR) is 111 cm³/mol. The van der Waals surface area contributed by atoms with Gasteiger partial charge in [-0.25, -0.2) is 4.79 Å². The maximum absolute atomic E-state index is 12.1. The third-order valence-corrected chi connectivity index (χ3v) is 4.80. The SMILES string of the molecule is CC(C)(C)OC(=O)NCC(=Cc1ccc(O)cc1N)B1OC(C)(C)C(C)(C)O1. The van der Waals surface area contributed by atoms with Crippen molar-refractivity contribution < 1.29 is 23.9 Å². The Morgan fingerprint density at radius 3 is 2.32 bits per heavy atom. The number of phenols is 1. The van der Waals surface area contributed by atoms with Crippen LogP contribution in [0.5, 0.6) is 5.75 Å². The molecule has 7 nitrogen and oxygen atoms in total. The summed E-state index contributed by atoms with van der Waals surface area (Å²) < 4.78 is 17.6. The van der Waals surface area contributed by atoms with Crippen LogP contribution in [-0.2, 0) is 14.0 Å². The summed E-state index contributed by atoms with van der Waals surface area (Å²) in [6.45, 7) is 13.4. The van der Waals surface area contributed by atoms with Crippen molar-refractivity contribution in [2.45, 2.75) is 65.3 Å². The molecule has 1 saturated heterocycles. The number of hydrogen-bond donors (Lipinski definition) is 3. The van der Waals surface area contributed by atoms with Gasteiger partial charge in [0.2, 0.25) is 0 Å². The zero-order valence-electron chi connectivity index (χ0n) is 17.8. The molecule has 1 aliphatic heterocycles. The molecule has 0 radical (unpaired) electrons. The van der Waals surface area contributed by atoms with Gasteiger partial charge in [0, 0.05) is 18.3 Å². The smallest absolute Gasteiger partial charge is 0.492 e. The molecule has 0 unspecified atom stereocenters. The van der Waals surface area contributed by atoms with Gasteiger partial charge in [-0.3, -0.25) is 0 Å². The number of rotatable bonds is 4. The second-order valence-corrected chi connectivity index (χ2v) is 8.98. The maximum Gasteiger partial charge on any atom is 0.492 e. The van der Waals surface area contributed by atoms with E-state index in [2.05, 4.69) is 5.32 Å². The summed E-state index contributed by atoms with van der Waals surface area (Å²) in [6.07, 6.45) is 1.27. The molecule has 0 saturated carbocycles. The summed E-state index contributed by atoms with van der Waals surface area (Å²) in [5.74, 6) is 0.0821. The molecule has 8 heteroatoms. The van der Waals surface area contributed by atoms with Crippen LogP contribution < -0.4 is 11.1 Å². The lowest BCUT2D eigenvalue weighted by Crippen LogP contribution is -2.41. The second kappa shape index (κ2) is 7.68. The van der Waals surface area contributed by atoms with Crippen molar-refractivity contribution in [3.63, 3.8) is 0 Å². The molecule has 28 heavy (non-hydrogen) atoms. The minimum atomic E-state index is -0.659. The number of nitrogens with one attached hydrogen (secondary N) is 1. The lowest BCUT2D eigenvalue weighted by molar-refractivity contribution is 0.00578. The summed E-state index contributed by atoms with van der Waals surface area (Å²) >= 11 is 0. The number of carbonyl (C=O) groups is 1. The Morgan fingerprint density at radius 1 is 1.25 bits per heavy atom. The Bertz CT molecular complexity index is 752. The molecule has 0 aromatic heterocycles.